The van der Waals surface area contributed by atoms with E-state index in [0.29, 0.717) is 17.2 Å². The van der Waals surface area contributed by atoms with Gasteiger partial charge in [-0.2, -0.15) is 5.10 Å². The second kappa shape index (κ2) is 7.69. The highest BCUT2D eigenvalue weighted by Gasteiger charge is 2.13. The average molecular weight is 340 g/mol. The Kier molecular flexibility index (Phi) is 5.17. The van der Waals surface area contributed by atoms with Crippen molar-refractivity contribution in [1.29, 1.82) is 0 Å². The van der Waals surface area contributed by atoms with Gasteiger partial charge in [-0.1, -0.05) is 12.1 Å². The highest BCUT2D eigenvalue weighted by atomic mass is 16.6. The van der Waals surface area contributed by atoms with Crippen molar-refractivity contribution in [3.05, 3.63) is 51.8 Å². The molecule has 3 rings (SSSR count). The van der Waals surface area contributed by atoms with Gasteiger partial charge in [0.2, 0.25) is 0 Å². The molecule has 2 heterocycles. The quantitative estimate of drug-likeness (QED) is 0.510. The van der Waals surface area contributed by atoms with E-state index < -0.39 is 4.92 Å². The Hall–Kier alpha value is -3.03. The van der Waals surface area contributed by atoms with E-state index in [1.165, 1.54) is 37.6 Å². The van der Waals surface area contributed by atoms with Crippen LogP contribution in [0.4, 0.5) is 17.3 Å². The molecule has 0 spiro atoms. The minimum absolute atomic E-state index is 0.0363. The second-order valence-electron chi connectivity index (χ2n) is 5.93. The van der Waals surface area contributed by atoms with E-state index in [1.54, 1.807) is 12.1 Å². The van der Waals surface area contributed by atoms with Crippen molar-refractivity contribution in [2.45, 2.75) is 26.2 Å². The molecule has 130 valence electrons. The van der Waals surface area contributed by atoms with Gasteiger partial charge in [0.15, 0.2) is 5.82 Å². The van der Waals surface area contributed by atoms with Crippen LogP contribution >= 0.6 is 0 Å². The van der Waals surface area contributed by atoms with Gasteiger partial charge in [-0.3, -0.25) is 15.5 Å². The van der Waals surface area contributed by atoms with Crippen LogP contribution in [0.1, 0.15) is 30.7 Å². The first-order chi connectivity index (χ1) is 12.1. The summed E-state index contributed by atoms with van der Waals surface area (Å²) in [6.45, 7) is 3.86. The van der Waals surface area contributed by atoms with Gasteiger partial charge >= 0.3 is 0 Å². The van der Waals surface area contributed by atoms with E-state index in [1.807, 2.05) is 13.0 Å². The maximum atomic E-state index is 10.8. The minimum Gasteiger partial charge on any atom is -0.356 e. The third-order valence-electron chi connectivity index (χ3n) is 3.98. The Morgan fingerprint density at radius 1 is 1.24 bits per heavy atom. The fourth-order valence-corrected chi connectivity index (χ4v) is 2.79. The number of hydrazone groups is 1. The fraction of sp³-hybridized carbons (Fsp3) is 0.353. The molecule has 8 heteroatoms. The van der Waals surface area contributed by atoms with E-state index in [4.69, 9.17) is 0 Å². The number of hydrogen-bond acceptors (Lipinski definition) is 7. The highest BCUT2D eigenvalue weighted by molar-refractivity contribution is 5.81. The molecule has 0 atom stereocenters. The zero-order valence-corrected chi connectivity index (χ0v) is 14.1. The molecule has 8 nitrogen and oxygen atoms in total. The summed E-state index contributed by atoms with van der Waals surface area (Å²) in [4.78, 5) is 21.5. The Balaban J connectivity index is 1.71. The van der Waals surface area contributed by atoms with Crippen molar-refractivity contribution in [1.82, 2.24) is 9.97 Å². The number of nitro groups is 1. The first-order valence-corrected chi connectivity index (χ1v) is 8.26. The Morgan fingerprint density at radius 3 is 2.80 bits per heavy atom. The van der Waals surface area contributed by atoms with Gasteiger partial charge in [0.05, 0.1) is 11.1 Å². The van der Waals surface area contributed by atoms with Crippen molar-refractivity contribution >= 4 is 23.5 Å². The highest BCUT2D eigenvalue weighted by Crippen LogP contribution is 2.20. The molecule has 1 N–H and O–H groups in total. The molecule has 0 unspecified atom stereocenters. The van der Waals surface area contributed by atoms with E-state index >= 15 is 0 Å². The summed E-state index contributed by atoms with van der Waals surface area (Å²) in [5, 5.41) is 14.9. The number of hydrogen-bond donors (Lipinski definition) is 1. The van der Waals surface area contributed by atoms with Gasteiger partial charge in [0, 0.05) is 36.9 Å². The summed E-state index contributed by atoms with van der Waals surface area (Å²) in [6.07, 6.45) is 5.15. The zero-order chi connectivity index (χ0) is 17.6. The smallest absolute Gasteiger partial charge is 0.270 e. The standard InChI is InChI=1S/C17H20N6O2/c1-13-19-16(11-17(20-13)22-8-3-2-4-9-22)21-18-12-14-6-5-7-15(10-14)23(24)25/h5-7,10-12H,2-4,8-9H2,1H3,(H,19,20,21)/b18-12-. The number of anilines is 2. The number of nitrogens with zero attached hydrogens (tertiary/aromatic N) is 5. The largest absolute Gasteiger partial charge is 0.356 e. The number of piperidine rings is 1. The van der Waals surface area contributed by atoms with Crippen LogP contribution in [0.25, 0.3) is 0 Å². The number of aromatic nitrogens is 2. The summed E-state index contributed by atoms with van der Waals surface area (Å²) < 4.78 is 0. The van der Waals surface area contributed by atoms with Crippen molar-refractivity contribution in [3.8, 4) is 0 Å². The number of nitrogens with one attached hydrogen (secondary N) is 1. The topological polar surface area (TPSA) is 96.5 Å². The van der Waals surface area contributed by atoms with Crippen LogP contribution in [0.15, 0.2) is 35.4 Å². The summed E-state index contributed by atoms with van der Waals surface area (Å²) >= 11 is 0. The second-order valence-corrected chi connectivity index (χ2v) is 5.93. The lowest BCUT2D eigenvalue weighted by molar-refractivity contribution is -0.384. The Bertz CT molecular complexity index is 786. The molecule has 1 saturated heterocycles. The number of benzene rings is 1. The molecule has 0 radical (unpaired) electrons. The molecule has 25 heavy (non-hydrogen) atoms. The van der Waals surface area contributed by atoms with Gasteiger partial charge in [0.1, 0.15) is 11.6 Å². The van der Waals surface area contributed by atoms with Crippen LogP contribution in [-0.2, 0) is 0 Å². The normalized spacial score (nSPS) is 14.7. The number of aryl methyl sites for hydroxylation is 1. The van der Waals surface area contributed by atoms with Crippen LogP contribution in [0.5, 0.6) is 0 Å². The summed E-state index contributed by atoms with van der Waals surface area (Å²) in [7, 11) is 0. The van der Waals surface area contributed by atoms with Crippen LogP contribution in [0.3, 0.4) is 0 Å². The zero-order valence-electron chi connectivity index (χ0n) is 14.1. The van der Waals surface area contributed by atoms with Gasteiger partial charge < -0.3 is 4.90 Å². The molecular formula is C17H20N6O2. The predicted molar refractivity (Wildman–Crippen MR) is 97.1 cm³/mol. The van der Waals surface area contributed by atoms with Gasteiger partial charge in [0.25, 0.3) is 5.69 Å². The lowest BCUT2D eigenvalue weighted by atomic mass is 10.1. The summed E-state index contributed by atoms with van der Waals surface area (Å²) in [6, 6.07) is 8.17. The van der Waals surface area contributed by atoms with Crippen LogP contribution in [0.2, 0.25) is 0 Å². The molecule has 0 bridgehead atoms. The first-order valence-electron chi connectivity index (χ1n) is 8.26. The van der Waals surface area contributed by atoms with Crippen molar-refractivity contribution in [3.63, 3.8) is 0 Å². The molecular weight excluding hydrogens is 320 g/mol. The lowest BCUT2D eigenvalue weighted by Crippen LogP contribution is -2.30. The Labute approximate surface area is 145 Å². The van der Waals surface area contributed by atoms with Crippen molar-refractivity contribution in [2.24, 2.45) is 5.10 Å². The predicted octanol–water partition coefficient (Wildman–Crippen LogP) is 3.13. The minimum atomic E-state index is -0.427. The molecule has 1 aromatic carbocycles. The first kappa shape index (κ1) is 16.8. The molecule has 1 aliphatic rings. The summed E-state index contributed by atoms with van der Waals surface area (Å²) in [5.41, 5.74) is 3.56. The molecule has 0 amide bonds. The third kappa shape index (κ3) is 4.50. The fourth-order valence-electron chi connectivity index (χ4n) is 2.79. The van der Waals surface area contributed by atoms with E-state index in [2.05, 4.69) is 25.4 Å². The van der Waals surface area contributed by atoms with Gasteiger partial charge in [-0.15, -0.1) is 0 Å². The van der Waals surface area contributed by atoms with Gasteiger partial charge in [-0.05, 0) is 26.2 Å². The van der Waals surface area contributed by atoms with E-state index in [0.717, 1.165) is 18.9 Å². The monoisotopic (exact) mass is 340 g/mol. The van der Waals surface area contributed by atoms with Crippen LogP contribution < -0.4 is 10.3 Å². The Morgan fingerprint density at radius 2 is 2.04 bits per heavy atom. The summed E-state index contributed by atoms with van der Waals surface area (Å²) in [5.74, 6) is 2.19. The van der Waals surface area contributed by atoms with Gasteiger partial charge in [-0.25, -0.2) is 9.97 Å². The lowest BCUT2D eigenvalue weighted by Gasteiger charge is -2.27. The molecule has 1 aliphatic heterocycles. The van der Waals surface area contributed by atoms with E-state index in [9.17, 15) is 10.1 Å². The SMILES string of the molecule is Cc1nc(N/N=C\c2cccc([N+](=O)[O-])c2)cc(N2CCCCC2)n1. The van der Waals surface area contributed by atoms with Crippen molar-refractivity contribution in [2.75, 3.05) is 23.4 Å². The average Bonchev–Trinajstić information content (AvgIpc) is 2.62. The molecule has 1 fully saturated rings. The maximum Gasteiger partial charge on any atom is 0.270 e. The molecule has 0 saturated carbocycles. The maximum absolute atomic E-state index is 10.8. The van der Waals surface area contributed by atoms with E-state index in [-0.39, 0.29) is 5.69 Å². The van der Waals surface area contributed by atoms with Crippen LogP contribution in [-0.4, -0.2) is 34.2 Å². The number of nitro benzene ring substituents is 1. The molecule has 1 aromatic heterocycles. The van der Waals surface area contributed by atoms with Crippen molar-refractivity contribution < 1.29 is 4.92 Å². The molecule has 0 aliphatic carbocycles. The molecule has 2 aromatic rings. The third-order valence-corrected chi connectivity index (χ3v) is 3.98. The van der Waals surface area contributed by atoms with Crippen LogP contribution in [0, 0.1) is 17.0 Å². The number of non-ortho nitro benzene ring substituents is 1. The number of rotatable bonds is 5.